The highest BCUT2D eigenvalue weighted by atomic mass is 32.1. The average Bonchev–Trinajstić information content (AvgIpc) is 2.76. The van der Waals surface area contributed by atoms with Crippen molar-refractivity contribution in [3.63, 3.8) is 0 Å². The molecule has 1 N–H and O–H groups in total. The van der Waals surface area contributed by atoms with Crippen molar-refractivity contribution in [2.75, 3.05) is 6.61 Å². The van der Waals surface area contributed by atoms with Crippen LogP contribution in [-0.2, 0) is 17.8 Å². The van der Waals surface area contributed by atoms with Crippen LogP contribution in [0.4, 0.5) is 0 Å². The molecule has 0 saturated carbocycles. The van der Waals surface area contributed by atoms with Crippen molar-refractivity contribution in [2.24, 2.45) is 0 Å². The summed E-state index contributed by atoms with van der Waals surface area (Å²) < 4.78 is 5.50. The lowest BCUT2D eigenvalue weighted by atomic mass is 10.2. The molecule has 2 heterocycles. The van der Waals surface area contributed by atoms with Gasteiger partial charge >= 0.3 is 0 Å². The minimum atomic E-state index is 0.0437. The van der Waals surface area contributed by atoms with Crippen LogP contribution in [0.15, 0.2) is 5.38 Å². The van der Waals surface area contributed by atoms with Crippen LogP contribution >= 0.6 is 11.3 Å². The maximum Gasteiger partial charge on any atom is 0.0955 e. The zero-order valence-electron chi connectivity index (χ0n) is 7.40. The summed E-state index contributed by atoms with van der Waals surface area (Å²) in [5, 5.41) is 11.8. The molecule has 1 saturated heterocycles. The lowest BCUT2D eigenvalue weighted by Crippen LogP contribution is -2.08. The Bertz CT molecular complexity index is 268. The van der Waals surface area contributed by atoms with Gasteiger partial charge in [0.05, 0.1) is 23.4 Å². The van der Waals surface area contributed by atoms with Gasteiger partial charge in [-0.25, -0.2) is 4.98 Å². The van der Waals surface area contributed by atoms with E-state index in [-0.39, 0.29) is 6.61 Å². The number of aromatic nitrogens is 1. The van der Waals surface area contributed by atoms with Crippen LogP contribution in [-0.4, -0.2) is 22.8 Å². The molecule has 13 heavy (non-hydrogen) atoms. The van der Waals surface area contributed by atoms with Crippen molar-refractivity contribution in [1.29, 1.82) is 0 Å². The van der Waals surface area contributed by atoms with E-state index >= 15 is 0 Å². The van der Waals surface area contributed by atoms with Crippen LogP contribution in [0.3, 0.4) is 0 Å². The van der Waals surface area contributed by atoms with Crippen molar-refractivity contribution >= 4 is 11.3 Å². The second kappa shape index (κ2) is 4.17. The van der Waals surface area contributed by atoms with Crippen molar-refractivity contribution in [3.8, 4) is 0 Å². The molecule has 1 aromatic heterocycles. The number of hydrogen-bond acceptors (Lipinski definition) is 4. The molecular formula is C9H13NO2S. The summed E-state index contributed by atoms with van der Waals surface area (Å²) in [5.41, 5.74) is 0.776. The molecule has 2 rings (SSSR count). The van der Waals surface area contributed by atoms with Gasteiger partial charge in [0.2, 0.25) is 0 Å². The Hall–Kier alpha value is -0.450. The Morgan fingerprint density at radius 2 is 2.62 bits per heavy atom. The standard InChI is InChI=1S/C9H13NO2S/c11-5-7-6-13-9(10-7)4-8-2-1-3-12-8/h6,8,11H,1-5H2. The highest BCUT2D eigenvalue weighted by Gasteiger charge is 2.17. The number of nitrogens with zero attached hydrogens (tertiary/aromatic N) is 1. The van der Waals surface area contributed by atoms with Crippen LogP contribution in [0.5, 0.6) is 0 Å². The van der Waals surface area contributed by atoms with E-state index in [1.807, 2.05) is 5.38 Å². The number of ether oxygens (including phenoxy) is 1. The van der Waals surface area contributed by atoms with Gasteiger partial charge in [-0.05, 0) is 12.8 Å². The summed E-state index contributed by atoms with van der Waals surface area (Å²) in [6, 6.07) is 0. The zero-order chi connectivity index (χ0) is 9.10. The quantitative estimate of drug-likeness (QED) is 0.799. The van der Waals surface area contributed by atoms with Gasteiger partial charge in [-0.3, -0.25) is 0 Å². The molecule has 1 aliphatic rings. The van der Waals surface area contributed by atoms with Crippen LogP contribution < -0.4 is 0 Å². The molecule has 0 aromatic carbocycles. The first-order valence-corrected chi connectivity index (χ1v) is 5.42. The Morgan fingerprint density at radius 1 is 1.69 bits per heavy atom. The lowest BCUT2D eigenvalue weighted by Gasteiger charge is -2.05. The van der Waals surface area contributed by atoms with E-state index in [2.05, 4.69) is 4.98 Å². The lowest BCUT2D eigenvalue weighted by molar-refractivity contribution is 0.111. The van der Waals surface area contributed by atoms with E-state index in [1.54, 1.807) is 11.3 Å². The zero-order valence-corrected chi connectivity index (χ0v) is 8.22. The molecule has 1 fully saturated rings. The van der Waals surface area contributed by atoms with E-state index in [1.165, 1.54) is 6.42 Å². The largest absolute Gasteiger partial charge is 0.390 e. The molecular weight excluding hydrogens is 186 g/mol. The van der Waals surface area contributed by atoms with Crippen LogP contribution in [0, 0.1) is 0 Å². The Kier molecular flexibility index (Phi) is 2.93. The summed E-state index contributed by atoms with van der Waals surface area (Å²) in [6.07, 6.45) is 3.58. The van der Waals surface area contributed by atoms with E-state index in [0.29, 0.717) is 6.10 Å². The number of thiazole rings is 1. The maximum absolute atomic E-state index is 8.82. The SMILES string of the molecule is OCc1csc(CC2CCCO2)n1. The molecule has 1 aromatic rings. The number of rotatable bonds is 3. The first-order valence-electron chi connectivity index (χ1n) is 4.54. The van der Waals surface area contributed by atoms with E-state index in [0.717, 1.165) is 30.2 Å². The van der Waals surface area contributed by atoms with Gasteiger partial charge in [0.15, 0.2) is 0 Å². The molecule has 0 amide bonds. The summed E-state index contributed by atoms with van der Waals surface area (Å²) >= 11 is 1.61. The normalized spacial score (nSPS) is 22.4. The minimum Gasteiger partial charge on any atom is -0.390 e. The highest BCUT2D eigenvalue weighted by Crippen LogP contribution is 2.19. The molecule has 0 spiro atoms. The Morgan fingerprint density at radius 3 is 3.23 bits per heavy atom. The fraction of sp³-hybridized carbons (Fsp3) is 0.667. The molecule has 1 atom stereocenters. The van der Waals surface area contributed by atoms with Crippen molar-refractivity contribution in [1.82, 2.24) is 4.98 Å². The fourth-order valence-corrected chi connectivity index (χ4v) is 2.37. The van der Waals surface area contributed by atoms with Crippen molar-refractivity contribution in [2.45, 2.75) is 32.0 Å². The van der Waals surface area contributed by atoms with Crippen molar-refractivity contribution < 1.29 is 9.84 Å². The van der Waals surface area contributed by atoms with Gasteiger partial charge < -0.3 is 9.84 Å². The maximum atomic E-state index is 8.82. The summed E-state index contributed by atoms with van der Waals surface area (Å²) in [4.78, 5) is 4.28. The average molecular weight is 199 g/mol. The van der Waals surface area contributed by atoms with Gasteiger partial charge in [-0.2, -0.15) is 0 Å². The first kappa shape index (κ1) is 9.12. The number of aliphatic hydroxyl groups excluding tert-OH is 1. The summed E-state index contributed by atoms with van der Waals surface area (Å²) in [7, 11) is 0. The summed E-state index contributed by atoms with van der Waals surface area (Å²) in [6.45, 7) is 0.935. The third kappa shape index (κ3) is 2.27. The third-order valence-electron chi connectivity index (χ3n) is 2.19. The number of aliphatic hydroxyl groups is 1. The van der Waals surface area contributed by atoms with Crippen LogP contribution in [0.1, 0.15) is 23.5 Å². The van der Waals surface area contributed by atoms with Gasteiger partial charge in [0, 0.05) is 18.4 Å². The van der Waals surface area contributed by atoms with E-state index in [4.69, 9.17) is 9.84 Å². The molecule has 0 bridgehead atoms. The predicted molar refractivity (Wildman–Crippen MR) is 50.7 cm³/mol. The second-order valence-corrected chi connectivity index (χ2v) is 4.17. The molecule has 0 aliphatic carbocycles. The molecule has 4 heteroatoms. The second-order valence-electron chi connectivity index (χ2n) is 3.23. The van der Waals surface area contributed by atoms with E-state index < -0.39 is 0 Å². The predicted octanol–water partition coefficient (Wildman–Crippen LogP) is 1.36. The fourth-order valence-electron chi connectivity index (χ4n) is 1.52. The topological polar surface area (TPSA) is 42.4 Å². The molecule has 72 valence electrons. The number of hydrogen-bond donors (Lipinski definition) is 1. The van der Waals surface area contributed by atoms with Crippen molar-refractivity contribution in [3.05, 3.63) is 16.1 Å². The van der Waals surface area contributed by atoms with Gasteiger partial charge in [-0.1, -0.05) is 0 Å². The Balaban J connectivity index is 1.92. The monoisotopic (exact) mass is 199 g/mol. The first-order chi connectivity index (χ1) is 6.38. The van der Waals surface area contributed by atoms with Gasteiger partial charge in [0.25, 0.3) is 0 Å². The minimum absolute atomic E-state index is 0.0437. The molecule has 1 aliphatic heterocycles. The smallest absolute Gasteiger partial charge is 0.0955 e. The Labute approximate surface area is 81.4 Å². The van der Waals surface area contributed by atoms with Crippen LogP contribution in [0.25, 0.3) is 0 Å². The highest BCUT2D eigenvalue weighted by molar-refractivity contribution is 7.09. The third-order valence-corrected chi connectivity index (χ3v) is 3.11. The van der Waals surface area contributed by atoms with Gasteiger partial charge in [-0.15, -0.1) is 11.3 Å². The van der Waals surface area contributed by atoms with E-state index in [9.17, 15) is 0 Å². The summed E-state index contributed by atoms with van der Waals surface area (Å²) in [5.74, 6) is 0. The molecule has 0 radical (unpaired) electrons. The molecule has 1 unspecified atom stereocenters. The van der Waals surface area contributed by atoms with Gasteiger partial charge in [0.1, 0.15) is 0 Å². The van der Waals surface area contributed by atoms with Crippen LogP contribution in [0.2, 0.25) is 0 Å². The molecule has 3 nitrogen and oxygen atoms in total.